The molecule has 17 heavy (non-hydrogen) atoms. The second-order valence-corrected chi connectivity index (χ2v) is 6.26. The fraction of sp³-hybridized carbons (Fsp3) is 0.462. The van der Waals surface area contributed by atoms with Gasteiger partial charge in [0.25, 0.3) is 0 Å². The predicted molar refractivity (Wildman–Crippen MR) is 77.1 cm³/mol. The molecule has 0 atom stereocenters. The van der Waals surface area contributed by atoms with E-state index >= 15 is 0 Å². The molecule has 1 aromatic rings. The third-order valence-electron chi connectivity index (χ3n) is 2.58. The van der Waals surface area contributed by atoms with Crippen LogP contribution in [0.25, 0.3) is 0 Å². The second kappa shape index (κ2) is 5.32. The summed E-state index contributed by atoms with van der Waals surface area (Å²) in [6.45, 7) is 5.22. The first-order valence-corrected chi connectivity index (χ1v) is 7.11. The number of hydrogen-bond donors (Lipinski definition) is 1. The molecule has 0 bridgehead atoms. The van der Waals surface area contributed by atoms with Gasteiger partial charge in [-0.15, -0.1) is 0 Å². The third kappa shape index (κ3) is 3.93. The maximum Gasteiger partial charge on any atom is 0.157 e. The Balaban J connectivity index is 1.84. The van der Waals surface area contributed by atoms with Gasteiger partial charge in [0.05, 0.1) is 0 Å². The molecule has 1 aromatic carbocycles. The van der Waals surface area contributed by atoms with Crippen LogP contribution in [0.1, 0.15) is 19.4 Å². The number of hydrogen-bond acceptors (Lipinski definition) is 2. The highest BCUT2D eigenvalue weighted by molar-refractivity contribution is 8.14. The third-order valence-corrected chi connectivity index (χ3v) is 4.21. The molecule has 0 unspecified atom stereocenters. The van der Waals surface area contributed by atoms with Crippen LogP contribution in [0.2, 0.25) is 5.02 Å². The van der Waals surface area contributed by atoms with Gasteiger partial charge >= 0.3 is 0 Å². The minimum atomic E-state index is 0.184. The van der Waals surface area contributed by atoms with Crippen molar-refractivity contribution in [3.63, 3.8) is 0 Å². The maximum atomic E-state index is 5.84. The topological polar surface area (TPSA) is 24.4 Å². The smallest absolute Gasteiger partial charge is 0.157 e. The number of halogens is 1. The Hall–Kier alpha value is -0.670. The lowest BCUT2D eigenvalue weighted by Gasteiger charge is -2.15. The van der Waals surface area contributed by atoms with Crippen molar-refractivity contribution in [1.82, 2.24) is 5.32 Å². The van der Waals surface area contributed by atoms with Crippen LogP contribution >= 0.6 is 23.4 Å². The van der Waals surface area contributed by atoms with Gasteiger partial charge in [0, 0.05) is 22.9 Å². The molecule has 2 nitrogen and oxygen atoms in total. The second-order valence-electron chi connectivity index (χ2n) is 4.86. The van der Waals surface area contributed by atoms with Crippen molar-refractivity contribution < 1.29 is 0 Å². The highest BCUT2D eigenvalue weighted by atomic mass is 35.5. The largest absolute Gasteiger partial charge is 0.359 e. The van der Waals surface area contributed by atoms with Crippen LogP contribution < -0.4 is 5.32 Å². The normalized spacial score (nSPS) is 20.5. The molecule has 1 saturated heterocycles. The van der Waals surface area contributed by atoms with Crippen molar-refractivity contribution in [3.8, 4) is 0 Å². The fourth-order valence-corrected chi connectivity index (χ4v) is 2.86. The number of nitrogens with one attached hydrogen (secondary N) is 1. The molecule has 0 spiro atoms. The highest BCUT2D eigenvalue weighted by Gasteiger charge is 2.26. The molecule has 1 aliphatic heterocycles. The van der Waals surface area contributed by atoms with Crippen LogP contribution in [0.4, 0.5) is 0 Å². The molecule has 1 heterocycles. The summed E-state index contributed by atoms with van der Waals surface area (Å²) >= 11 is 7.64. The molecule has 4 heteroatoms. The lowest BCUT2D eigenvalue weighted by Crippen LogP contribution is -2.36. The molecular formula is C13H17ClN2S. The van der Waals surface area contributed by atoms with E-state index in [9.17, 15) is 0 Å². The van der Waals surface area contributed by atoms with E-state index in [2.05, 4.69) is 36.3 Å². The molecule has 2 rings (SSSR count). The molecule has 1 N–H and O–H groups in total. The van der Waals surface area contributed by atoms with E-state index in [0.717, 1.165) is 28.9 Å². The molecular weight excluding hydrogens is 252 g/mol. The van der Waals surface area contributed by atoms with Crippen molar-refractivity contribution >= 4 is 28.5 Å². The first-order chi connectivity index (χ1) is 8.05. The molecule has 0 aromatic heterocycles. The van der Waals surface area contributed by atoms with Gasteiger partial charge in [0.2, 0.25) is 0 Å². The Morgan fingerprint density at radius 2 is 2.06 bits per heavy atom. The fourth-order valence-electron chi connectivity index (χ4n) is 1.63. The van der Waals surface area contributed by atoms with Crippen molar-refractivity contribution in [1.29, 1.82) is 0 Å². The minimum Gasteiger partial charge on any atom is -0.359 e. The van der Waals surface area contributed by atoms with E-state index in [4.69, 9.17) is 11.6 Å². The zero-order valence-corrected chi connectivity index (χ0v) is 11.7. The number of nitrogens with zero attached hydrogens (tertiary/aromatic N) is 1. The van der Waals surface area contributed by atoms with E-state index in [-0.39, 0.29) is 5.54 Å². The van der Waals surface area contributed by atoms with E-state index in [1.54, 1.807) is 11.8 Å². The van der Waals surface area contributed by atoms with E-state index < -0.39 is 0 Å². The summed E-state index contributed by atoms with van der Waals surface area (Å²) in [6.07, 6.45) is 0.962. The number of aliphatic imine (C=N–C) groups is 1. The number of rotatable bonds is 3. The van der Waals surface area contributed by atoms with E-state index in [0.29, 0.717) is 0 Å². The van der Waals surface area contributed by atoms with Gasteiger partial charge in [-0.2, -0.15) is 0 Å². The first kappa shape index (κ1) is 12.8. The van der Waals surface area contributed by atoms with Gasteiger partial charge in [0.15, 0.2) is 5.17 Å². The van der Waals surface area contributed by atoms with E-state index in [1.165, 1.54) is 5.56 Å². The molecule has 92 valence electrons. The van der Waals surface area contributed by atoms with Crippen LogP contribution in [0.5, 0.6) is 0 Å². The quantitative estimate of drug-likeness (QED) is 0.909. The summed E-state index contributed by atoms with van der Waals surface area (Å²) in [5.74, 6) is 1.09. The molecule has 0 saturated carbocycles. The summed E-state index contributed by atoms with van der Waals surface area (Å²) in [6, 6.07) is 7.97. The Bertz CT molecular complexity index is 412. The van der Waals surface area contributed by atoms with Crippen molar-refractivity contribution in [3.05, 3.63) is 34.9 Å². The summed E-state index contributed by atoms with van der Waals surface area (Å²) < 4.78 is 0. The van der Waals surface area contributed by atoms with Crippen LogP contribution in [-0.4, -0.2) is 23.0 Å². The molecule has 0 amide bonds. The SMILES string of the molecule is CC1(C)CSC(=NCCc2ccc(Cl)cc2)N1. The monoisotopic (exact) mass is 268 g/mol. The summed E-state index contributed by atoms with van der Waals surface area (Å²) in [7, 11) is 0. The van der Waals surface area contributed by atoms with Gasteiger partial charge in [0.1, 0.15) is 0 Å². The first-order valence-electron chi connectivity index (χ1n) is 5.75. The number of thioether (sulfide) groups is 1. The average Bonchev–Trinajstić information content (AvgIpc) is 2.61. The Labute approximate surface area is 112 Å². The van der Waals surface area contributed by atoms with Crippen LogP contribution in [0.15, 0.2) is 29.3 Å². The maximum absolute atomic E-state index is 5.84. The van der Waals surface area contributed by atoms with Crippen LogP contribution in [-0.2, 0) is 6.42 Å². The van der Waals surface area contributed by atoms with Gasteiger partial charge in [-0.1, -0.05) is 35.5 Å². The minimum absolute atomic E-state index is 0.184. The highest BCUT2D eigenvalue weighted by Crippen LogP contribution is 2.22. The summed E-state index contributed by atoms with van der Waals surface area (Å²) in [5.41, 5.74) is 1.46. The van der Waals surface area contributed by atoms with E-state index in [1.807, 2.05) is 12.1 Å². The van der Waals surface area contributed by atoms with Gasteiger partial charge in [-0.05, 0) is 38.0 Å². The number of benzene rings is 1. The zero-order chi connectivity index (χ0) is 12.3. The van der Waals surface area contributed by atoms with Crippen molar-refractivity contribution in [2.45, 2.75) is 25.8 Å². The lowest BCUT2D eigenvalue weighted by molar-refractivity contribution is 0.536. The van der Waals surface area contributed by atoms with Crippen LogP contribution in [0.3, 0.4) is 0 Å². The summed E-state index contributed by atoms with van der Waals surface area (Å²) in [4.78, 5) is 4.57. The van der Waals surface area contributed by atoms with Gasteiger partial charge in [-0.3, -0.25) is 4.99 Å². The molecule has 1 fully saturated rings. The lowest BCUT2D eigenvalue weighted by atomic mass is 10.1. The molecule has 0 radical (unpaired) electrons. The molecule has 1 aliphatic rings. The Morgan fingerprint density at radius 1 is 1.35 bits per heavy atom. The Morgan fingerprint density at radius 3 is 2.65 bits per heavy atom. The van der Waals surface area contributed by atoms with Gasteiger partial charge < -0.3 is 5.32 Å². The Kier molecular flexibility index (Phi) is 4.00. The zero-order valence-electron chi connectivity index (χ0n) is 10.2. The number of amidine groups is 1. The molecule has 0 aliphatic carbocycles. The van der Waals surface area contributed by atoms with Crippen molar-refractivity contribution in [2.75, 3.05) is 12.3 Å². The standard InChI is InChI=1S/C13H17ClN2S/c1-13(2)9-17-12(16-13)15-8-7-10-3-5-11(14)6-4-10/h3-6H,7-9H2,1-2H3,(H,15,16). The van der Waals surface area contributed by atoms with Gasteiger partial charge in [-0.25, -0.2) is 0 Å². The summed E-state index contributed by atoms with van der Waals surface area (Å²) in [5, 5.41) is 5.28. The van der Waals surface area contributed by atoms with Crippen molar-refractivity contribution in [2.24, 2.45) is 4.99 Å². The van der Waals surface area contributed by atoms with Crippen LogP contribution in [0, 0.1) is 0 Å². The average molecular weight is 269 g/mol. The predicted octanol–water partition coefficient (Wildman–Crippen LogP) is 3.35.